The number of carbonyl (C=O) groups excluding carboxylic acids is 1. The van der Waals surface area contributed by atoms with Crippen molar-refractivity contribution in [2.24, 2.45) is 0 Å². The van der Waals surface area contributed by atoms with Crippen LogP contribution in [0.4, 0.5) is 0 Å². The Bertz CT molecular complexity index is 441. The molecule has 1 aromatic heterocycles. The summed E-state index contributed by atoms with van der Waals surface area (Å²) in [7, 11) is 0. The maximum absolute atomic E-state index is 12.2. The zero-order chi connectivity index (χ0) is 13.8. The van der Waals surface area contributed by atoms with Crippen LogP contribution < -0.4 is 5.32 Å². The van der Waals surface area contributed by atoms with Crippen LogP contribution in [0.5, 0.6) is 0 Å². The van der Waals surface area contributed by atoms with Crippen LogP contribution in [-0.4, -0.2) is 36.5 Å². The van der Waals surface area contributed by atoms with E-state index in [1.165, 1.54) is 29.8 Å². The lowest BCUT2D eigenvalue weighted by Crippen LogP contribution is -2.39. The van der Waals surface area contributed by atoms with Crippen molar-refractivity contribution in [2.75, 3.05) is 19.6 Å². The molecule has 1 aliphatic heterocycles. The molecule has 2 rings (SSSR count). The number of carbonyl (C=O) groups is 1. The van der Waals surface area contributed by atoms with E-state index in [1.54, 1.807) is 11.3 Å². The fourth-order valence-corrected chi connectivity index (χ4v) is 3.85. The van der Waals surface area contributed by atoms with Crippen LogP contribution in [0.25, 0.3) is 0 Å². The van der Waals surface area contributed by atoms with Crippen molar-refractivity contribution in [3.8, 4) is 0 Å². The van der Waals surface area contributed by atoms with E-state index in [2.05, 4.69) is 31.0 Å². The van der Waals surface area contributed by atoms with E-state index >= 15 is 0 Å². The Kier molecular flexibility index (Phi) is 4.99. The van der Waals surface area contributed by atoms with Gasteiger partial charge in [-0.2, -0.15) is 0 Å². The Morgan fingerprint density at radius 3 is 2.95 bits per heavy atom. The monoisotopic (exact) mass is 280 g/mol. The van der Waals surface area contributed by atoms with Gasteiger partial charge in [-0.1, -0.05) is 13.8 Å². The average molecular weight is 280 g/mol. The first-order valence-corrected chi connectivity index (χ1v) is 8.08. The summed E-state index contributed by atoms with van der Waals surface area (Å²) in [5.74, 6) is 0.0933. The number of thiophene rings is 1. The van der Waals surface area contributed by atoms with Gasteiger partial charge in [0.15, 0.2) is 0 Å². The van der Waals surface area contributed by atoms with Crippen molar-refractivity contribution in [1.82, 2.24) is 10.2 Å². The average Bonchev–Trinajstić information content (AvgIpc) is 3.01. The molecule has 1 N–H and O–H groups in total. The van der Waals surface area contributed by atoms with Gasteiger partial charge in [-0.15, -0.1) is 11.3 Å². The van der Waals surface area contributed by atoms with E-state index in [0.29, 0.717) is 6.04 Å². The molecule has 106 valence electrons. The van der Waals surface area contributed by atoms with Crippen LogP contribution in [0.1, 0.15) is 46.8 Å². The Balaban J connectivity index is 1.90. The molecule has 0 aliphatic carbocycles. The van der Waals surface area contributed by atoms with Gasteiger partial charge in [0.2, 0.25) is 0 Å². The second-order valence-corrected chi connectivity index (χ2v) is 6.34. The summed E-state index contributed by atoms with van der Waals surface area (Å²) in [6, 6.07) is 2.55. The van der Waals surface area contributed by atoms with Crippen LogP contribution in [0, 0.1) is 6.92 Å². The number of aryl methyl sites for hydroxylation is 2. The maximum atomic E-state index is 12.2. The maximum Gasteiger partial charge on any atom is 0.261 e. The highest BCUT2D eigenvalue weighted by molar-refractivity contribution is 7.14. The second-order valence-electron chi connectivity index (χ2n) is 5.21. The van der Waals surface area contributed by atoms with Gasteiger partial charge in [-0.3, -0.25) is 9.69 Å². The molecule has 0 bridgehead atoms. The molecule has 0 saturated carbocycles. The molecule has 1 aliphatic rings. The Morgan fingerprint density at radius 1 is 1.53 bits per heavy atom. The predicted octanol–water partition coefficient (Wildman–Crippen LogP) is 2.83. The third-order valence-electron chi connectivity index (χ3n) is 3.97. The third-order valence-corrected chi connectivity index (χ3v) is 5.35. The van der Waals surface area contributed by atoms with Gasteiger partial charge in [-0.05, 0) is 50.9 Å². The second kappa shape index (κ2) is 6.53. The van der Waals surface area contributed by atoms with Gasteiger partial charge in [0, 0.05) is 17.5 Å². The molecule has 1 amide bonds. The molecule has 0 radical (unpaired) electrons. The van der Waals surface area contributed by atoms with E-state index < -0.39 is 0 Å². The largest absolute Gasteiger partial charge is 0.350 e. The highest BCUT2D eigenvalue weighted by Crippen LogP contribution is 2.22. The summed E-state index contributed by atoms with van der Waals surface area (Å²) in [5, 5.41) is 3.10. The summed E-state index contributed by atoms with van der Waals surface area (Å²) in [6.07, 6.45) is 3.47. The smallest absolute Gasteiger partial charge is 0.261 e. The predicted molar refractivity (Wildman–Crippen MR) is 81.0 cm³/mol. The summed E-state index contributed by atoms with van der Waals surface area (Å²) >= 11 is 1.63. The SMILES string of the molecule is CCc1sc(C(=O)NCC2CCCN2CC)cc1C. The lowest BCUT2D eigenvalue weighted by molar-refractivity contribution is 0.0945. The van der Waals surface area contributed by atoms with Crippen LogP contribution in [-0.2, 0) is 6.42 Å². The van der Waals surface area contributed by atoms with Crippen molar-refractivity contribution in [2.45, 2.75) is 46.1 Å². The summed E-state index contributed by atoms with van der Waals surface area (Å²) < 4.78 is 0. The van der Waals surface area contributed by atoms with Gasteiger partial charge < -0.3 is 5.32 Å². The fourth-order valence-electron chi connectivity index (χ4n) is 2.82. The molecule has 3 nitrogen and oxygen atoms in total. The minimum Gasteiger partial charge on any atom is -0.350 e. The zero-order valence-electron chi connectivity index (χ0n) is 12.2. The number of nitrogens with zero attached hydrogens (tertiary/aromatic N) is 1. The number of rotatable bonds is 5. The molecular formula is C15H24N2OS. The summed E-state index contributed by atoms with van der Waals surface area (Å²) in [4.78, 5) is 16.8. The molecule has 1 unspecified atom stereocenters. The molecule has 0 spiro atoms. The Hall–Kier alpha value is -0.870. The van der Waals surface area contributed by atoms with Gasteiger partial charge in [0.05, 0.1) is 4.88 Å². The number of likely N-dealkylation sites (tertiary alicyclic amines) is 1. The van der Waals surface area contributed by atoms with Crippen molar-refractivity contribution < 1.29 is 4.79 Å². The van der Waals surface area contributed by atoms with Gasteiger partial charge >= 0.3 is 0 Å². The molecule has 1 atom stereocenters. The molecule has 1 saturated heterocycles. The van der Waals surface area contributed by atoms with E-state index in [-0.39, 0.29) is 5.91 Å². The number of likely N-dealkylation sites (N-methyl/N-ethyl adjacent to an activating group) is 1. The minimum absolute atomic E-state index is 0.0933. The van der Waals surface area contributed by atoms with E-state index in [9.17, 15) is 4.79 Å². The molecule has 2 heterocycles. The lowest BCUT2D eigenvalue weighted by Gasteiger charge is -2.22. The van der Waals surface area contributed by atoms with Crippen molar-refractivity contribution >= 4 is 17.2 Å². The topological polar surface area (TPSA) is 32.3 Å². The van der Waals surface area contributed by atoms with E-state index in [4.69, 9.17) is 0 Å². The quantitative estimate of drug-likeness (QED) is 0.899. The Labute approximate surface area is 120 Å². The lowest BCUT2D eigenvalue weighted by atomic mass is 10.2. The van der Waals surface area contributed by atoms with Crippen LogP contribution >= 0.6 is 11.3 Å². The van der Waals surface area contributed by atoms with E-state index in [1.807, 2.05) is 6.07 Å². The first kappa shape index (κ1) is 14.5. The number of nitrogens with one attached hydrogen (secondary N) is 1. The van der Waals surface area contributed by atoms with Crippen LogP contribution in [0.2, 0.25) is 0 Å². The third kappa shape index (κ3) is 3.37. The van der Waals surface area contributed by atoms with Crippen molar-refractivity contribution in [3.63, 3.8) is 0 Å². The minimum atomic E-state index is 0.0933. The Morgan fingerprint density at radius 2 is 2.32 bits per heavy atom. The zero-order valence-corrected chi connectivity index (χ0v) is 13.0. The highest BCUT2D eigenvalue weighted by Gasteiger charge is 2.23. The number of hydrogen-bond acceptors (Lipinski definition) is 3. The fraction of sp³-hybridized carbons (Fsp3) is 0.667. The molecular weight excluding hydrogens is 256 g/mol. The summed E-state index contributed by atoms with van der Waals surface area (Å²) in [6.45, 7) is 9.45. The molecule has 19 heavy (non-hydrogen) atoms. The number of hydrogen-bond donors (Lipinski definition) is 1. The van der Waals surface area contributed by atoms with Crippen molar-refractivity contribution in [1.29, 1.82) is 0 Å². The molecule has 0 aromatic carbocycles. The summed E-state index contributed by atoms with van der Waals surface area (Å²) in [5.41, 5.74) is 1.24. The molecule has 4 heteroatoms. The molecule has 1 aromatic rings. The first-order chi connectivity index (χ1) is 9.15. The standard InChI is InChI=1S/C15H24N2OS/c1-4-13-11(3)9-14(19-13)15(18)16-10-12-7-6-8-17(12)5-2/h9,12H,4-8,10H2,1-3H3,(H,16,18). The van der Waals surface area contributed by atoms with Crippen molar-refractivity contribution in [3.05, 3.63) is 21.4 Å². The molecule has 1 fully saturated rings. The van der Waals surface area contributed by atoms with Crippen LogP contribution in [0.3, 0.4) is 0 Å². The van der Waals surface area contributed by atoms with Crippen LogP contribution in [0.15, 0.2) is 6.07 Å². The number of amides is 1. The highest BCUT2D eigenvalue weighted by atomic mass is 32.1. The first-order valence-electron chi connectivity index (χ1n) is 7.27. The van der Waals surface area contributed by atoms with Gasteiger partial charge in [-0.25, -0.2) is 0 Å². The van der Waals surface area contributed by atoms with Gasteiger partial charge in [0.25, 0.3) is 5.91 Å². The van der Waals surface area contributed by atoms with Gasteiger partial charge in [0.1, 0.15) is 0 Å². The normalized spacial score (nSPS) is 19.8. The van der Waals surface area contributed by atoms with E-state index in [0.717, 1.165) is 24.4 Å².